The number of hydrogen-bond donors (Lipinski definition) is 2. The van der Waals surface area contributed by atoms with E-state index in [2.05, 4.69) is 9.97 Å². The van der Waals surface area contributed by atoms with Crippen molar-refractivity contribution in [1.82, 2.24) is 9.97 Å². The molecule has 2 heterocycles. The first kappa shape index (κ1) is 13.8. The zero-order valence-corrected chi connectivity index (χ0v) is 11.7. The molecule has 0 bridgehead atoms. The summed E-state index contributed by atoms with van der Waals surface area (Å²) < 4.78 is 27.5. The zero-order valence-electron chi connectivity index (χ0n) is 10.9. The number of rotatable bonds is 5. The van der Waals surface area contributed by atoms with Crippen LogP contribution in [0.25, 0.3) is 11.5 Å². The number of nitrogens with one attached hydrogen (secondary N) is 1. The largest absolute Gasteiger partial charge is 0.463 e. The summed E-state index contributed by atoms with van der Waals surface area (Å²) in [6.45, 7) is 1.87. The molecule has 0 saturated carbocycles. The maximum Gasteiger partial charge on any atom is 0.154 e. The highest BCUT2D eigenvalue weighted by Gasteiger charge is 2.17. The molecular weight excluding hydrogens is 266 g/mol. The number of sulfone groups is 1. The van der Waals surface area contributed by atoms with E-state index in [-0.39, 0.29) is 5.75 Å². The fourth-order valence-electron chi connectivity index (χ4n) is 1.79. The number of nitrogens with two attached hydrogens (primary N) is 1. The molecule has 0 radical (unpaired) electrons. The van der Waals surface area contributed by atoms with E-state index in [1.807, 2.05) is 13.0 Å². The summed E-state index contributed by atoms with van der Waals surface area (Å²) in [7, 11) is -3.01. The minimum Gasteiger partial charge on any atom is -0.463 e. The Morgan fingerprint density at radius 3 is 2.84 bits per heavy atom. The van der Waals surface area contributed by atoms with E-state index in [4.69, 9.17) is 10.2 Å². The normalized spacial score (nSPS) is 13.6. The average Bonchev–Trinajstić information content (AvgIpc) is 2.93. The van der Waals surface area contributed by atoms with Gasteiger partial charge in [-0.25, -0.2) is 13.4 Å². The molecule has 0 aromatic carbocycles. The van der Waals surface area contributed by atoms with Gasteiger partial charge in [0.25, 0.3) is 0 Å². The fraction of sp³-hybridized carbons (Fsp3) is 0.417. The van der Waals surface area contributed by atoms with Crippen LogP contribution in [0.3, 0.4) is 0 Å². The molecule has 1 atom stereocenters. The Morgan fingerprint density at radius 2 is 2.26 bits per heavy atom. The summed E-state index contributed by atoms with van der Waals surface area (Å²) in [6, 6.07) is 3.17. The smallest absolute Gasteiger partial charge is 0.154 e. The van der Waals surface area contributed by atoms with Crippen LogP contribution in [-0.4, -0.2) is 30.4 Å². The maximum absolute atomic E-state index is 11.1. The molecule has 0 aliphatic carbocycles. The minimum atomic E-state index is -3.01. The Labute approximate surface area is 112 Å². The SMILES string of the molecule is Cc1[nH]c(C(N)CCS(C)(=O)=O)nc1-c1ccco1. The van der Waals surface area contributed by atoms with Crippen molar-refractivity contribution in [1.29, 1.82) is 0 Å². The molecule has 0 aliphatic heterocycles. The molecule has 0 amide bonds. The predicted octanol–water partition coefficient (Wildman–Crippen LogP) is 1.41. The minimum absolute atomic E-state index is 0.0456. The van der Waals surface area contributed by atoms with E-state index >= 15 is 0 Å². The predicted molar refractivity (Wildman–Crippen MR) is 72.3 cm³/mol. The summed E-state index contributed by atoms with van der Waals surface area (Å²) >= 11 is 0. The van der Waals surface area contributed by atoms with E-state index in [0.29, 0.717) is 23.7 Å². The lowest BCUT2D eigenvalue weighted by Crippen LogP contribution is -2.17. The highest BCUT2D eigenvalue weighted by molar-refractivity contribution is 7.90. The molecule has 3 N–H and O–H groups in total. The Morgan fingerprint density at radius 1 is 1.53 bits per heavy atom. The molecule has 104 valence electrons. The number of hydrogen-bond acceptors (Lipinski definition) is 5. The Hall–Kier alpha value is -1.60. The summed E-state index contributed by atoms with van der Waals surface area (Å²) in [5.74, 6) is 1.28. The van der Waals surface area contributed by atoms with Crippen LogP contribution < -0.4 is 5.73 Å². The van der Waals surface area contributed by atoms with Gasteiger partial charge in [-0.15, -0.1) is 0 Å². The molecule has 2 aromatic heterocycles. The molecule has 0 fully saturated rings. The van der Waals surface area contributed by atoms with Crippen LogP contribution in [0.5, 0.6) is 0 Å². The van der Waals surface area contributed by atoms with Crippen LogP contribution in [-0.2, 0) is 9.84 Å². The number of aryl methyl sites for hydroxylation is 1. The van der Waals surface area contributed by atoms with Crippen molar-refractivity contribution in [3.05, 3.63) is 29.9 Å². The maximum atomic E-state index is 11.1. The lowest BCUT2D eigenvalue weighted by molar-refractivity contribution is 0.578. The quantitative estimate of drug-likeness (QED) is 0.863. The molecule has 19 heavy (non-hydrogen) atoms. The van der Waals surface area contributed by atoms with Crippen molar-refractivity contribution >= 4 is 9.84 Å². The second-order valence-electron chi connectivity index (χ2n) is 4.60. The third-order valence-electron chi connectivity index (χ3n) is 2.81. The average molecular weight is 283 g/mol. The van der Waals surface area contributed by atoms with E-state index in [1.54, 1.807) is 12.3 Å². The molecule has 6 nitrogen and oxygen atoms in total. The van der Waals surface area contributed by atoms with E-state index in [9.17, 15) is 8.42 Å². The molecule has 2 aromatic rings. The van der Waals surface area contributed by atoms with Crippen molar-refractivity contribution in [3.8, 4) is 11.5 Å². The molecule has 1 unspecified atom stereocenters. The molecule has 0 aliphatic rings. The number of nitrogens with zero attached hydrogens (tertiary/aromatic N) is 1. The highest BCUT2D eigenvalue weighted by Crippen LogP contribution is 2.23. The molecular formula is C12H17N3O3S. The van der Waals surface area contributed by atoms with Gasteiger partial charge in [0.2, 0.25) is 0 Å². The monoisotopic (exact) mass is 283 g/mol. The van der Waals surface area contributed by atoms with Gasteiger partial charge in [-0.05, 0) is 25.5 Å². The second kappa shape index (κ2) is 5.18. The Balaban J connectivity index is 2.16. The molecule has 7 heteroatoms. The van der Waals surface area contributed by atoms with E-state index < -0.39 is 15.9 Å². The summed E-state index contributed by atoms with van der Waals surface area (Å²) in [5.41, 5.74) is 7.50. The highest BCUT2D eigenvalue weighted by atomic mass is 32.2. The molecule has 2 rings (SSSR count). The van der Waals surface area contributed by atoms with Gasteiger partial charge in [0.05, 0.1) is 18.1 Å². The van der Waals surface area contributed by atoms with Crippen LogP contribution in [0.15, 0.2) is 22.8 Å². The summed E-state index contributed by atoms with van der Waals surface area (Å²) in [6.07, 6.45) is 3.11. The van der Waals surface area contributed by atoms with Crippen molar-refractivity contribution in [3.63, 3.8) is 0 Å². The third-order valence-corrected chi connectivity index (χ3v) is 3.79. The zero-order chi connectivity index (χ0) is 14.0. The third kappa shape index (κ3) is 3.45. The van der Waals surface area contributed by atoms with Crippen molar-refractivity contribution < 1.29 is 12.8 Å². The van der Waals surface area contributed by atoms with Crippen LogP contribution in [0, 0.1) is 6.92 Å². The Bertz CT molecular complexity index is 644. The van der Waals surface area contributed by atoms with Gasteiger partial charge in [-0.3, -0.25) is 0 Å². The van der Waals surface area contributed by atoms with Crippen LogP contribution in [0.2, 0.25) is 0 Å². The van der Waals surface area contributed by atoms with E-state index in [1.165, 1.54) is 6.26 Å². The fourth-order valence-corrected chi connectivity index (χ4v) is 2.47. The van der Waals surface area contributed by atoms with Gasteiger partial charge in [-0.2, -0.15) is 0 Å². The van der Waals surface area contributed by atoms with Crippen LogP contribution >= 0.6 is 0 Å². The lowest BCUT2D eigenvalue weighted by atomic mass is 10.2. The van der Waals surface area contributed by atoms with Gasteiger partial charge in [-0.1, -0.05) is 0 Å². The first-order valence-corrected chi connectivity index (χ1v) is 7.96. The Kier molecular flexibility index (Phi) is 3.77. The van der Waals surface area contributed by atoms with Crippen molar-refractivity contribution in [2.75, 3.05) is 12.0 Å². The second-order valence-corrected chi connectivity index (χ2v) is 6.86. The summed E-state index contributed by atoms with van der Waals surface area (Å²) in [4.78, 5) is 7.46. The first-order chi connectivity index (χ1) is 8.87. The first-order valence-electron chi connectivity index (χ1n) is 5.90. The standard InChI is InChI=1S/C12H17N3O3S/c1-8-11(10-4-3-6-18-10)15-12(14-8)9(13)5-7-19(2,16)17/h3-4,6,9H,5,7,13H2,1-2H3,(H,14,15). The van der Waals surface area contributed by atoms with Gasteiger partial charge in [0.15, 0.2) is 5.76 Å². The topological polar surface area (TPSA) is 102 Å². The van der Waals surface area contributed by atoms with Gasteiger partial charge in [0, 0.05) is 11.9 Å². The van der Waals surface area contributed by atoms with E-state index in [0.717, 1.165) is 5.69 Å². The number of aromatic nitrogens is 2. The molecule has 0 saturated heterocycles. The van der Waals surface area contributed by atoms with Gasteiger partial charge < -0.3 is 15.1 Å². The van der Waals surface area contributed by atoms with Crippen LogP contribution in [0.4, 0.5) is 0 Å². The van der Waals surface area contributed by atoms with Gasteiger partial charge >= 0.3 is 0 Å². The van der Waals surface area contributed by atoms with Crippen LogP contribution in [0.1, 0.15) is 24.0 Å². The number of H-pyrrole nitrogens is 1. The number of furan rings is 1. The summed E-state index contributed by atoms with van der Waals surface area (Å²) in [5, 5.41) is 0. The van der Waals surface area contributed by atoms with Gasteiger partial charge in [0.1, 0.15) is 21.4 Å². The molecule has 0 spiro atoms. The number of aromatic amines is 1. The van der Waals surface area contributed by atoms with Crippen molar-refractivity contribution in [2.45, 2.75) is 19.4 Å². The number of imidazole rings is 1. The van der Waals surface area contributed by atoms with Crippen molar-refractivity contribution in [2.24, 2.45) is 5.73 Å². The lowest BCUT2D eigenvalue weighted by Gasteiger charge is -2.07.